The second-order valence-electron chi connectivity index (χ2n) is 5.12. The van der Waals surface area contributed by atoms with Gasteiger partial charge in [0.1, 0.15) is 4.90 Å². The van der Waals surface area contributed by atoms with Crippen molar-refractivity contribution in [3.05, 3.63) is 30.7 Å². The van der Waals surface area contributed by atoms with Gasteiger partial charge >= 0.3 is 5.25 Å². The molecule has 0 aliphatic carbocycles. The Balaban J connectivity index is 2.08. The number of imidazole rings is 1. The van der Waals surface area contributed by atoms with Crippen molar-refractivity contribution in [3.8, 4) is 0 Å². The van der Waals surface area contributed by atoms with E-state index < -0.39 is 25.9 Å². The molecule has 2 aromatic rings. The molecule has 8 heteroatoms. The lowest BCUT2D eigenvalue weighted by atomic mass is 9.99. The third kappa shape index (κ3) is 2.22. The highest BCUT2D eigenvalue weighted by atomic mass is 32.2. The lowest BCUT2D eigenvalue weighted by Gasteiger charge is -2.30. The average Bonchev–Trinajstić information content (AvgIpc) is 2.96. The maximum atomic E-state index is 14.6. The molecule has 5 nitrogen and oxygen atoms in total. The molecule has 1 fully saturated rings. The van der Waals surface area contributed by atoms with Gasteiger partial charge < -0.3 is 9.72 Å². The minimum absolute atomic E-state index is 0.0334. The number of piperidine rings is 1. The summed E-state index contributed by atoms with van der Waals surface area (Å²) in [6, 6.07) is 2.62. The van der Waals surface area contributed by atoms with Gasteiger partial charge in [0.15, 0.2) is 5.65 Å². The summed E-state index contributed by atoms with van der Waals surface area (Å²) in [5, 5.41) is -0.830. The summed E-state index contributed by atoms with van der Waals surface area (Å²) in [4.78, 5) is 3.46. The summed E-state index contributed by atoms with van der Waals surface area (Å²) in [5.41, 5.74) is 0.0334. The number of fused-ring (bicyclic) bond motifs is 1. The van der Waals surface area contributed by atoms with Crippen molar-refractivity contribution in [2.45, 2.75) is 23.0 Å². The molecule has 0 atom stereocenters. The van der Waals surface area contributed by atoms with Gasteiger partial charge in [-0.3, -0.25) is 0 Å². The minimum Gasteiger partial charge on any atom is -0.317 e. The zero-order valence-electron chi connectivity index (χ0n) is 11.2. The Labute approximate surface area is 120 Å². The quantitative estimate of drug-likeness (QED) is 0.936. The van der Waals surface area contributed by atoms with E-state index in [9.17, 15) is 17.2 Å². The fraction of sp³-hybridized carbons (Fsp3) is 0.462. The molecule has 0 amide bonds. The predicted octanol–water partition coefficient (Wildman–Crippen LogP) is 1.70. The van der Waals surface area contributed by atoms with Gasteiger partial charge in [-0.05, 0) is 38.1 Å². The van der Waals surface area contributed by atoms with Gasteiger partial charge in [-0.2, -0.15) is 8.78 Å². The van der Waals surface area contributed by atoms with Crippen molar-refractivity contribution in [1.82, 2.24) is 14.7 Å². The van der Waals surface area contributed by atoms with Crippen LogP contribution in [0.15, 0.2) is 35.6 Å². The fourth-order valence-corrected chi connectivity index (χ4v) is 4.28. The number of rotatable bonds is 3. The molecular formula is C13H15F2N3O2S. The van der Waals surface area contributed by atoms with Crippen LogP contribution < -0.4 is 5.32 Å². The molecule has 1 aliphatic rings. The summed E-state index contributed by atoms with van der Waals surface area (Å²) >= 11 is 0. The number of alkyl halides is 2. The number of pyridine rings is 1. The number of hydrogen-bond donors (Lipinski definition) is 1. The summed E-state index contributed by atoms with van der Waals surface area (Å²) in [5.74, 6) is -1.17. The van der Waals surface area contributed by atoms with Crippen molar-refractivity contribution in [1.29, 1.82) is 0 Å². The van der Waals surface area contributed by atoms with E-state index >= 15 is 0 Å². The summed E-state index contributed by atoms with van der Waals surface area (Å²) in [6.07, 6.45) is 4.77. The van der Waals surface area contributed by atoms with Gasteiger partial charge in [-0.25, -0.2) is 13.4 Å². The van der Waals surface area contributed by atoms with E-state index in [4.69, 9.17) is 0 Å². The Bertz CT molecular complexity index is 752. The molecule has 1 aliphatic heterocycles. The van der Waals surface area contributed by atoms with Gasteiger partial charge in [0, 0.05) is 24.5 Å². The van der Waals surface area contributed by atoms with Crippen LogP contribution in [-0.4, -0.2) is 36.1 Å². The molecule has 0 spiro atoms. The molecule has 3 heterocycles. The molecular weight excluding hydrogens is 300 g/mol. The zero-order valence-corrected chi connectivity index (χ0v) is 12.0. The van der Waals surface area contributed by atoms with Crippen molar-refractivity contribution in [2.75, 3.05) is 13.1 Å². The Morgan fingerprint density at radius 3 is 2.71 bits per heavy atom. The van der Waals surface area contributed by atoms with Crippen LogP contribution >= 0.6 is 0 Å². The first-order valence-corrected chi connectivity index (χ1v) is 8.18. The molecule has 0 bridgehead atoms. The van der Waals surface area contributed by atoms with E-state index in [0.717, 1.165) is 0 Å². The molecule has 0 aromatic carbocycles. The molecule has 1 N–H and O–H groups in total. The summed E-state index contributed by atoms with van der Waals surface area (Å²) in [7, 11) is -4.78. The lowest BCUT2D eigenvalue weighted by Crippen LogP contribution is -2.43. The van der Waals surface area contributed by atoms with E-state index in [1.807, 2.05) is 0 Å². The summed E-state index contributed by atoms with van der Waals surface area (Å²) in [6.45, 7) is 0.812. The van der Waals surface area contributed by atoms with E-state index in [1.165, 1.54) is 28.9 Å². The van der Waals surface area contributed by atoms with Gasteiger partial charge in [0.2, 0.25) is 9.84 Å². The Morgan fingerprint density at radius 2 is 2.00 bits per heavy atom. The minimum atomic E-state index is -4.78. The van der Waals surface area contributed by atoms with E-state index in [0.29, 0.717) is 13.1 Å². The van der Waals surface area contributed by atoms with Crippen LogP contribution in [0.1, 0.15) is 12.8 Å². The van der Waals surface area contributed by atoms with Crippen LogP contribution in [0.5, 0.6) is 0 Å². The third-order valence-corrected chi connectivity index (χ3v) is 5.79. The van der Waals surface area contributed by atoms with Gasteiger partial charge in [0.25, 0.3) is 0 Å². The number of nitrogens with one attached hydrogen (secondary N) is 1. The Kier molecular flexibility index (Phi) is 3.45. The maximum Gasteiger partial charge on any atom is 0.353 e. The zero-order chi connectivity index (χ0) is 15.1. The number of aromatic nitrogens is 2. The SMILES string of the molecule is O=S(=O)(c1cccn2ccnc12)C(F)(F)C1CCNCC1. The molecule has 0 unspecified atom stereocenters. The van der Waals surface area contributed by atoms with Crippen LogP contribution in [-0.2, 0) is 9.84 Å². The maximum absolute atomic E-state index is 14.6. The largest absolute Gasteiger partial charge is 0.353 e. The lowest BCUT2D eigenvalue weighted by molar-refractivity contribution is 0.0121. The van der Waals surface area contributed by atoms with Crippen molar-refractivity contribution in [3.63, 3.8) is 0 Å². The smallest absolute Gasteiger partial charge is 0.317 e. The molecule has 1 saturated heterocycles. The topological polar surface area (TPSA) is 63.5 Å². The predicted molar refractivity (Wildman–Crippen MR) is 72.9 cm³/mol. The average molecular weight is 315 g/mol. The molecule has 114 valence electrons. The van der Waals surface area contributed by atoms with Crippen molar-refractivity contribution in [2.24, 2.45) is 5.92 Å². The van der Waals surface area contributed by atoms with Crippen LogP contribution in [0.4, 0.5) is 8.78 Å². The van der Waals surface area contributed by atoms with Crippen LogP contribution in [0.3, 0.4) is 0 Å². The molecule has 3 rings (SSSR count). The molecule has 0 radical (unpaired) electrons. The van der Waals surface area contributed by atoms with Gasteiger partial charge in [-0.1, -0.05) is 0 Å². The van der Waals surface area contributed by atoms with Crippen LogP contribution in [0.25, 0.3) is 5.65 Å². The monoisotopic (exact) mass is 315 g/mol. The van der Waals surface area contributed by atoms with Gasteiger partial charge in [0.05, 0.1) is 0 Å². The Morgan fingerprint density at radius 1 is 1.29 bits per heavy atom. The number of halogens is 2. The van der Waals surface area contributed by atoms with Gasteiger partial charge in [-0.15, -0.1) is 0 Å². The number of hydrogen-bond acceptors (Lipinski definition) is 4. The van der Waals surface area contributed by atoms with Crippen LogP contribution in [0.2, 0.25) is 0 Å². The molecule has 0 saturated carbocycles. The van der Waals surface area contributed by atoms with Crippen LogP contribution in [0, 0.1) is 5.92 Å². The van der Waals surface area contributed by atoms with Crippen molar-refractivity contribution >= 4 is 15.5 Å². The normalized spacial score (nSPS) is 18.2. The Hall–Kier alpha value is -1.54. The highest BCUT2D eigenvalue weighted by Crippen LogP contribution is 2.40. The highest BCUT2D eigenvalue weighted by Gasteiger charge is 2.53. The fourth-order valence-electron chi connectivity index (χ4n) is 2.66. The van der Waals surface area contributed by atoms with E-state index in [-0.39, 0.29) is 18.5 Å². The second kappa shape index (κ2) is 5.03. The molecule has 2 aromatic heterocycles. The number of nitrogens with zero attached hydrogens (tertiary/aromatic N) is 2. The van der Waals surface area contributed by atoms with Crippen molar-refractivity contribution < 1.29 is 17.2 Å². The highest BCUT2D eigenvalue weighted by molar-refractivity contribution is 7.92. The standard InChI is InChI=1S/C13H15F2N3O2S/c14-13(15,10-3-5-16-6-4-10)21(19,20)11-2-1-8-18-9-7-17-12(11)18/h1-2,7-10,16H,3-6H2. The number of sulfone groups is 1. The third-order valence-electron chi connectivity index (χ3n) is 3.85. The summed E-state index contributed by atoms with van der Waals surface area (Å²) < 4.78 is 55.4. The van der Waals surface area contributed by atoms with E-state index in [2.05, 4.69) is 10.3 Å². The first kappa shape index (κ1) is 14.4. The molecule has 21 heavy (non-hydrogen) atoms. The first-order valence-electron chi connectivity index (χ1n) is 6.69. The first-order chi connectivity index (χ1) is 9.94. The second-order valence-corrected chi connectivity index (χ2v) is 7.11. The van der Waals surface area contributed by atoms with E-state index in [1.54, 1.807) is 6.20 Å².